The van der Waals surface area contributed by atoms with Crippen LogP contribution in [0.4, 0.5) is 0 Å². The highest BCUT2D eigenvalue weighted by Crippen LogP contribution is 2.26. The van der Waals surface area contributed by atoms with E-state index in [1.807, 2.05) is 0 Å². The summed E-state index contributed by atoms with van der Waals surface area (Å²) in [5, 5.41) is 7.24. The smallest absolute Gasteiger partial charge is 0.220 e. The summed E-state index contributed by atoms with van der Waals surface area (Å²) in [7, 11) is 0. The summed E-state index contributed by atoms with van der Waals surface area (Å²) in [4.78, 5) is 11.1. The fraction of sp³-hybridized carbons (Fsp3) is 0.923. The van der Waals surface area contributed by atoms with Gasteiger partial charge in [0.1, 0.15) is 0 Å². The van der Waals surface area contributed by atoms with Gasteiger partial charge >= 0.3 is 0 Å². The number of hydrogen-bond donors (Lipinski definition) is 3. The van der Waals surface area contributed by atoms with Gasteiger partial charge in [-0.05, 0) is 45.6 Å². The summed E-state index contributed by atoms with van der Waals surface area (Å²) in [6, 6.07) is 1.56. The summed E-state index contributed by atoms with van der Waals surface area (Å²) < 4.78 is 0. The molecule has 4 N–H and O–H groups in total. The van der Waals surface area contributed by atoms with Crippen LogP contribution in [-0.4, -0.2) is 30.6 Å². The number of carbonyl (C=O) groups is 1. The standard InChI is InChI=1S/C13H25N3O/c1-9(12-4-2-3-7-15-12)16-11-6-5-10(8-11)13(14)17/h9-12,15-16H,2-8H2,1H3,(H2,14,17)/t9?,10-,11+,12+/m0/s1. The van der Waals surface area contributed by atoms with Crippen molar-refractivity contribution in [3.63, 3.8) is 0 Å². The van der Waals surface area contributed by atoms with Crippen LogP contribution in [0.3, 0.4) is 0 Å². The molecule has 0 radical (unpaired) electrons. The van der Waals surface area contributed by atoms with Crippen molar-refractivity contribution in [1.82, 2.24) is 10.6 Å². The van der Waals surface area contributed by atoms with Gasteiger partial charge in [-0.3, -0.25) is 4.79 Å². The molecular weight excluding hydrogens is 214 g/mol. The average Bonchev–Trinajstić information content (AvgIpc) is 2.79. The van der Waals surface area contributed by atoms with Crippen molar-refractivity contribution in [2.75, 3.05) is 6.54 Å². The zero-order valence-corrected chi connectivity index (χ0v) is 10.7. The molecule has 1 amide bonds. The van der Waals surface area contributed by atoms with Gasteiger partial charge in [0.05, 0.1) is 0 Å². The lowest BCUT2D eigenvalue weighted by molar-refractivity contribution is -0.121. The SMILES string of the molecule is CC(N[C@@H]1CC[C@H](C(N)=O)C1)[C@H]1CCCCN1. The maximum Gasteiger partial charge on any atom is 0.220 e. The Morgan fingerprint density at radius 2 is 2.18 bits per heavy atom. The number of nitrogens with two attached hydrogens (primary N) is 1. The second-order valence-corrected chi connectivity index (χ2v) is 5.62. The molecule has 4 nitrogen and oxygen atoms in total. The Balaban J connectivity index is 1.75. The Bertz CT molecular complexity index is 263. The molecule has 1 saturated heterocycles. The van der Waals surface area contributed by atoms with Crippen molar-refractivity contribution in [3.8, 4) is 0 Å². The zero-order valence-electron chi connectivity index (χ0n) is 10.7. The van der Waals surface area contributed by atoms with Crippen LogP contribution in [0, 0.1) is 5.92 Å². The third kappa shape index (κ3) is 3.42. The first-order valence-corrected chi connectivity index (χ1v) is 6.95. The number of carbonyl (C=O) groups excluding carboxylic acids is 1. The molecule has 1 aliphatic carbocycles. The van der Waals surface area contributed by atoms with Crippen molar-refractivity contribution in [3.05, 3.63) is 0 Å². The fourth-order valence-corrected chi connectivity index (χ4v) is 3.18. The van der Waals surface area contributed by atoms with E-state index in [2.05, 4.69) is 17.6 Å². The van der Waals surface area contributed by atoms with Crippen molar-refractivity contribution in [2.45, 2.75) is 63.6 Å². The molecule has 0 spiro atoms. The van der Waals surface area contributed by atoms with E-state index in [1.165, 1.54) is 19.3 Å². The number of amides is 1. The van der Waals surface area contributed by atoms with Crippen LogP contribution in [0.1, 0.15) is 45.4 Å². The summed E-state index contributed by atoms with van der Waals surface area (Å²) in [6.45, 7) is 3.39. The average molecular weight is 239 g/mol. The minimum absolute atomic E-state index is 0.0963. The molecule has 0 bridgehead atoms. The Morgan fingerprint density at radius 3 is 2.76 bits per heavy atom. The van der Waals surface area contributed by atoms with Gasteiger partial charge in [0.2, 0.25) is 5.91 Å². The number of primary amides is 1. The van der Waals surface area contributed by atoms with E-state index in [0.29, 0.717) is 18.1 Å². The molecule has 4 atom stereocenters. The van der Waals surface area contributed by atoms with E-state index in [4.69, 9.17) is 5.73 Å². The highest BCUT2D eigenvalue weighted by molar-refractivity contribution is 5.76. The topological polar surface area (TPSA) is 67.1 Å². The molecule has 1 saturated carbocycles. The van der Waals surface area contributed by atoms with Crippen LogP contribution in [0.5, 0.6) is 0 Å². The molecule has 2 fully saturated rings. The van der Waals surface area contributed by atoms with E-state index in [1.54, 1.807) is 0 Å². The van der Waals surface area contributed by atoms with E-state index >= 15 is 0 Å². The minimum atomic E-state index is -0.127. The molecule has 98 valence electrons. The molecule has 1 unspecified atom stereocenters. The summed E-state index contributed by atoms with van der Waals surface area (Å²) in [5.74, 6) is -0.0308. The van der Waals surface area contributed by atoms with Crippen LogP contribution in [-0.2, 0) is 4.79 Å². The van der Waals surface area contributed by atoms with E-state index < -0.39 is 0 Å². The molecule has 0 aromatic rings. The largest absolute Gasteiger partial charge is 0.369 e. The van der Waals surface area contributed by atoms with Crippen LogP contribution in [0.15, 0.2) is 0 Å². The summed E-state index contributed by atoms with van der Waals surface area (Å²) >= 11 is 0. The molecule has 4 heteroatoms. The van der Waals surface area contributed by atoms with E-state index in [0.717, 1.165) is 25.8 Å². The molecule has 0 aromatic heterocycles. The lowest BCUT2D eigenvalue weighted by atomic mass is 9.98. The van der Waals surface area contributed by atoms with Crippen LogP contribution in [0.2, 0.25) is 0 Å². The monoisotopic (exact) mass is 239 g/mol. The normalized spacial score (nSPS) is 35.7. The quantitative estimate of drug-likeness (QED) is 0.678. The Morgan fingerprint density at radius 1 is 1.35 bits per heavy atom. The van der Waals surface area contributed by atoms with E-state index in [-0.39, 0.29) is 11.8 Å². The van der Waals surface area contributed by atoms with E-state index in [9.17, 15) is 4.79 Å². The lowest BCUT2D eigenvalue weighted by Crippen LogP contribution is -2.51. The number of piperidine rings is 1. The maximum atomic E-state index is 11.1. The van der Waals surface area contributed by atoms with Gasteiger partial charge in [-0.25, -0.2) is 0 Å². The van der Waals surface area contributed by atoms with Gasteiger partial charge in [-0.1, -0.05) is 6.42 Å². The first-order chi connectivity index (χ1) is 8.16. The molecule has 0 aromatic carbocycles. The van der Waals surface area contributed by atoms with Crippen molar-refractivity contribution in [1.29, 1.82) is 0 Å². The third-order valence-electron chi connectivity index (χ3n) is 4.29. The van der Waals surface area contributed by atoms with Crippen LogP contribution >= 0.6 is 0 Å². The second-order valence-electron chi connectivity index (χ2n) is 5.62. The van der Waals surface area contributed by atoms with Crippen LogP contribution < -0.4 is 16.4 Å². The van der Waals surface area contributed by atoms with Crippen molar-refractivity contribution >= 4 is 5.91 Å². The Kier molecular flexibility index (Phi) is 4.40. The number of rotatable bonds is 4. The second kappa shape index (κ2) is 5.83. The fourth-order valence-electron chi connectivity index (χ4n) is 3.18. The predicted molar refractivity (Wildman–Crippen MR) is 68.6 cm³/mol. The molecular formula is C13H25N3O. The first-order valence-electron chi connectivity index (χ1n) is 6.95. The first kappa shape index (κ1) is 12.8. The minimum Gasteiger partial charge on any atom is -0.369 e. The number of nitrogens with one attached hydrogen (secondary N) is 2. The summed E-state index contributed by atoms with van der Waals surface area (Å²) in [6.07, 6.45) is 6.86. The van der Waals surface area contributed by atoms with Gasteiger partial charge in [0.25, 0.3) is 0 Å². The van der Waals surface area contributed by atoms with Gasteiger partial charge < -0.3 is 16.4 Å². The Hall–Kier alpha value is -0.610. The highest BCUT2D eigenvalue weighted by Gasteiger charge is 2.30. The van der Waals surface area contributed by atoms with Gasteiger partial charge in [0, 0.05) is 24.0 Å². The van der Waals surface area contributed by atoms with Gasteiger partial charge in [-0.2, -0.15) is 0 Å². The van der Waals surface area contributed by atoms with Gasteiger partial charge in [0.15, 0.2) is 0 Å². The Labute approximate surface area is 104 Å². The highest BCUT2D eigenvalue weighted by atomic mass is 16.1. The molecule has 17 heavy (non-hydrogen) atoms. The number of hydrogen-bond acceptors (Lipinski definition) is 3. The summed E-state index contributed by atoms with van der Waals surface area (Å²) in [5.41, 5.74) is 5.35. The molecule has 1 heterocycles. The predicted octanol–water partition coefficient (Wildman–Crippen LogP) is 0.761. The molecule has 2 aliphatic rings. The van der Waals surface area contributed by atoms with Crippen LogP contribution in [0.25, 0.3) is 0 Å². The van der Waals surface area contributed by atoms with Crippen molar-refractivity contribution < 1.29 is 4.79 Å². The van der Waals surface area contributed by atoms with Gasteiger partial charge in [-0.15, -0.1) is 0 Å². The maximum absolute atomic E-state index is 11.1. The lowest BCUT2D eigenvalue weighted by Gasteiger charge is -2.31. The zero-order chi connectivity index (χ0) is 12.3. The molecule has 1 aliphatic heterocycles. The molecule has 2 rings (SSSR count). The third-order valence-corrected chi connectivity index (χ3v) is 4.29. The van der Waals surface area contributed by atoms with Crippen molar-refractivity contribution in [2.24, 2.45) is 11.7 Å².